The molecule has 1 heterocycles. The molecule has 0 spiro atoms. The summed E-state index contributed by atoms with van der Waals surface area (Å²) in [4.78, 5) is 39.9. The summed E-state index contributed by atoms with van der Waals surface area (Å²) in [5, 5.41) is 84.7. The molecule has 0 radical (unpaired) electrons. The second kappa shape index (κ2) is 13.5. The summed E-state index contributed by atoms with van der Waals surface area (Å²) >= 11 is 0. The summed E-state index contributed by atoms with van der Waals surface area (Å²) in [5.41, 5.74) is 0. The van der Waals surface area contributed by atoms with Crippen LogP contribution in [0.1, 0.15) is 12.8 Å². The van der Waals surface area contributed by atoms with Gasteiger partial charge in [0.05, 0.1) is 13.2 Å². The molecule has 0 bridgehead atoms. The van der Waals surface area contributed by atoms with Gasteiger partial charge >= 0.3 is 15.2 Å². The molecule has 1 fully saturated rings. The zero-order valence-corrected chi connectivity index (χ0v) is 20.4. The third-order valence-electron chi connectivity index (χ3n) is 5.38. The van der Waals surface area contributed by atoms with Crippen molar-refractivity contribution in [2.75, 3.05) is 19.8 Å². The Hall–Kier alpha value is -0.470. The van der Waals surface area contributed by atoms with Crippen LogP contribution in [-0.2, 0) is 18.6 Å². The normalized spacial score (nSPS) is 29.8. The van der Waals surface area contributed by atoms with E-state index in [1.165, 1.54) is 0 Å². The van der Waals surface area contributed by atoms with Crippen LogP contribution in [0.3, 0.4) is 0 Å². The fourth-order valence-electron chi connectivity index (χ4n) is 3.17. The third-order valence-corrected chi connectivity index (χ3v) is 9.26. The van der Waals surface area contributed by atoms with E-state index >= 15 is 0 Å². The summed E-state index contributed by atoms with van der Waals surface area (Å²) in [6.45, 7) is -2.28. The molecule has 18 nitrogen and oxygen atoms in total. The molecule has 0 aromatic carbocycles. The van der Waals surface area contributed by atoms with E-state index in [1.807, 2.05) is 0 Å². The molecule has 0 unspecified atom stereocenters. The monoisotopic (exact) mass is 573 g/mol. The van der Waals surface area contributed by atoms with Crippen molar-refractivity contribution in [1.82, 2.24) is 0 Å². The Bertz CT molecular complexity index is 780. The SMILES string of the molecule is O=P(O)(O)C(O)(CCCN=C[C@H](O)[C@@H](O)[C@H](O[C@@H]1O[C@H](CO)[C@H](O)[C@H](O)[C@H]1O)[C@H](O)CO)P(=O)(O)O. The predicted octanol–water partition coefficient (Wildman–Crippen LogP) is -5.90. The highest BCUT2D eigenvalue weighted by molar-refractivity contribution is 7.72. The van der Waals surface area contributed by atoms with Crippen LogP contribution in [0.25, 0.3) is 0 Å². The summed E-state index contributed by atoms with van der Waals surface area (Å²) in [6.07, 6.45) is -17.5. The van der Waals surface area contributed by atoms with Gasteiger partial charge in [-0.2, -0.15) is 0 Å². The Kier molecular flexibility index (Phi) is 12.6. The van der Waals surface area contributed by atoms with E-state index in [1.54, 1.807) is 0 Å². The van der Waals surface area contributed by atoms with Crippen molar-refractivity contribution in [3.05, 3.63) is 0 Å². The molecule has 214 valence electrons. The maximum atomic E-state index is 11.3. The fourth-order valence-corrected chi connectivity index (χ4v) is 5.43. The molecule has 36 heavy (non-hydrogen) atoms. The lowest BCUT2D eigenvalue weighted by Crippen LogP contribution is -2.61. The van der Waals surface area contributed by atoms with Crippen molar-refractivity contribution in [2.45, 2.75) is 73.0 Å². The predicted molar refractivity (Wildman–Crippen MR) is 115 cm³/mol. The zero-order chi connectivity index (χ0) is 28.1. The molecular weight excluding hydrogens is 540 g/mol. The van der Waals surface area contributed by atoms with Crippen molar-refractivity contribution >= 4 is 21.4 Å². The van der Waals surface area contributed by atoms with Crippen molar-refractivity contribution in [3.63, 3.8) is 0 Å². The van der Waals surface area contributed by atoms with Crippen LogP contribution in [0.15, 0.2) is 4.99 Å². The zero-order valence-electron chi connectivity index (χ0n) is 18.6. The quantitative estimate of drug-likeness (QED) is 0.0522. The molecule has 9 atom stereocenters. The highest BCUT2D eigenvalue weighted by Gasteiger charge is 2.58. The summed E-state index contributed by atoms with van der Waals surface area (Å²) in [5.74, 6) is 0. The molecule has 13 N–H and O–H groups in total. The van der Waals surface area contributed by atoms with Gasteiger partial charge in [0, 0.05) is 19.2 Å². The number of aliphatic imine (C=N–C) groups is 1. The largest absolute Gasteiger partial charge is 0.394 e. The summed E-state index contributed by atoms with van der Waals surface area (Å²) < 4.78 is 32.9. The van der Waals surface area contributed by atoms with Crippen molar-refractivity contribution < 1.29 is 84.1 Å². The molecule has 0 saturated carbocycles. The molecule has 0 aliphatic carbocycles. The first-order valence-electron chi connectivity index (χ1n) is 10.4. The lowest BCUT2D eigenvalue weighted by molar-refractivity contribution is -0.326. The Morgan fingerprint density at radius 2 is 1.53 bits per heavy atom. The standard InChI is InChI=1S/C16H33NO17P2/c18-5-8(21)14(34-15-13(25)12(24)11(23)9(6-19)33-15)10(22)7(20)4-17-3-1-2-16(26,35(27,28)29)36(30,31)32/h4,7-15,18-26H,1-3,5-6H2,(H2,27,28,29)(H2,30,31,32)/t7-,8+,9+,10+,11-,12-,13+,14+,15-/m0/s1. The molecule has 20 heteroatoms. The van der Waals surface area contributed by atoms with Gasteiger partial charge in [-0.25, -0.2) is 0 Å². The van der Waals surface area contributed by atoms with Gasteiger partial charge in [0.25, 0.3) is 5.08 Å². The molecule has 0 aromatic heterocycles. The number of aliphatic hydroxyl groups excluding tert-OH is 8. The van der Waals surface area contributed by atoms with Gasteiger partial charge in [0.1, 0.15) is 48.8 Å². The molecular formula is C16H33NO17P2. The highest BCUT2D eigenvalue weighted by atomic mass is 31.2. The van der Waals surface area contributed by atoms with E-state index in [0.717, 1.165) is 0 Å². The number of hydrogen-bond donors (Lipinski definition) is 13. The molecule has 1 rings (SSSR count). The van der Waals surface area contributed by atoms with Crippen LogP contribution in [0.5, 0.6) is 0 Å². The average molecular weight is 573 g/mol. The average Bonchev–Trinajstić information content (AvgIpc) is 2.79. The van der Waals surface area contributed by atoms with Crippen molar-refractivity contribution in [3.8, 4) is 0 Å². The van der Waals surface area contributed by atoms with Crippen LogP contribution in [0, 0.1) is 0 Å². The second-order valence-corrected chi connectivity index (χ2v) is 12.1. The van der Waals surface area contributed by atoms with Crippen molar-refractivity contribution in [2.24, 2.45) is 4.99 Å². The molecule has 1 aliphatic rings. The maximum absolute atomic E-state index is 11.3. The number of ether oxygens (including phenoxy) is 2. The first-order chi connectivity index (χ1) is 16.4. The van der Waals surface area contributed by atoms with E-state index in [0.29, 0.717) is 6.21 Å². The highest BCUT2D eigenvalue weighted by Crippen LogP contribution is 2.69. The maximum Gasteiger partial charge on any atom is 0.369 e. The van der Waals surface area contributed by atoms with Crippen molar-refractivity contribution in [1.29, 1.82) is 0 Å². The van der Waals surface area contributed by atoms with E-state index in [2.05, 4.69) is 4.99 Å². The third kappa shape index (κ3) is 8.02. The van der Waals surface area contributed by atoms with E-state index in [-0.39, 0.29) is 0 Å². The molecule has 0 amide bonds. The van der Waals surface area contributed by atoms with Gasteiger partial charge in [-0.15, -0.1) is 0 Å². The van der Waals surface area contributed by atoms with Gasteiger partial charge in [0.2, 0.25) is 0 Å². The lowest BCUT2D eigenvalue weighted by atomic mass is 9.98. The number of rotatable bonds is 14. The smallest absolute Gasteiger partial charge is 0.369 e. The number of hydrogen-bond acceptors (Lipinski definition) is 14. The Morgan fingerprint density at radius 1 is 0.972 bits per heavy atom. The molecule has 1 saturated heterocycles. The first kappa shape index (κ1) is 33.6. The van der Waals surface area contributed by atoms with Gasteiger partial charge in [0.15, 0.2) is 6.29 Å². The number of aliphatic hydroxyl groups is 9. The Balaban J connectivity index is 2.85. The minimum atomic E-state index is -5.66. The topological polar surface area (TPSA) is 328 Å². The van der Waals surface area contributed by atoms with E-state index < -0.39 is 108 Å². The minimum absolute atomic E-state index is 0.452. The van der Waals surface area contributed by atoms with Crippen LogP contribution in [0.2, 0.25) is 0 Å². The summed E-state index contributed by atoms with van der Waals surface area (Å²) in [7, 11) is -11.3. The second-order valence-electron chi connectivity index (χ2n) is 8.05. The minimum Gasteiger partial charge on any atom is -0.394 e. The number of nitrogens with zero attached hydrogens (tertiary/aromatic N) is 1. The van der Waals surface area contributed by atoms with E-state index in [4.69, 9.17) is 29.0 Å². The molecule has 0 aromatic rings. The first-order valence-corrected chi connectivity index (χ1v) is 13.6. The van der Waals surface area contributed by atoms with Crippen LogP contribution in [0.4, 0.5) is 0 Å². The fraction of sp³-hybridized carbons (Fsp3) is 0.938. The van der Waals surface area contributed by atoms with E-state index in [9.17, 15) is 55.1 Å². The Morgan fingerprint density at radius 3 is 2.00 bits per heavy atom. The summed E-state index contributed by atoms with van der Waals surface area (Å²) in [6, 6.07) is 0. The molecule has 1 aliphatic heterocycles. The van der Waals surface area contributed by atoms with Crippen LogP contribution >= 0.6 is 15.2 Å². The lowest BCUT2D eigenvalue weighted by Gasteiger charge is -2.42. The van der Waals surface area contributed by atoms with Crippen LogP contribution < -0.4 is 0 Å². The van der Waals surface area contributed by atoms with Gasteiger partial charge in [-0.3, -0.25) is 14.1 Å². The van der Waals surface area contributed by atoms with Gasteiger partial charge in [-0.1, -0.05) is 0 Å². The van der Waals surface area contributed by atoms with Gasteiger partial charge < -0.3 is 75.0 Å². The van der Waals surface area contributed by atoms with Crippen LogP contribution in [-0.4, -0.2) is 152 Å². The Labute approximate surface area is 204 Å². The van der Waals surface area contributed by atoms with Gasteiger partial charge in [-0.05, 0) is 6.42 Å².